The Hall–Kier alpha value is -0.900. The molecule has 2 N–H and O–H groups in total. The first kappa shape index (κ1) is 13.5. The summed E-state index contributed by atoms with van der Waals surface area (Å²) in [7, 11) is 0. The Morgan fingerprint density at radius 2 is 1.77 bits per heavy atom. The van der Waals surface area contributed by atoms with Crippen molar-refractivity contribution >= 4 is 11.7 Å². The van der Waals surface area contributed by atoms with Gasteiger partial charge in [-0.25, -0.2) is 0 Å². The van der Waals surface area contributed by atoms with Crippen LogP contribution in [0.5, 0.6) is 0 Å². The summed E-state index contributed by atoms with van der Waals surface area (Å²) in [6, 6.07) is 0. The molecule has 0 aromatic carbocycles. The molecule has 4 heteroatoms. The molecule has 22 heavy (non-hydrogen) atoms. The SMILES string of the molecule is O=C(NC12CC3CC(CC(O)(C3)C1)C2)C1C[C@H]2CC(=O)[C@@H]1C2. The quantitative estimate of drug-likeness (QED) is 0.817. The van der Waals surface area contributed by atoms with Crippen molar-refractivity contribution in [1.29, 1.82) is 0 Å². The second-order valence-corrected chi connectivity index (χ2v) is 9.18. The zero-order valence-electron chi connectivity index (χ0n) is 13.0. The molecule has 0 aromatic rings. The average Bonchev–Trinajstić information content (AvgIpc) is 2.93. The number of carbonyl (C=O) groups excluding carboxylic acids is 2. The number of aliphatic hydroxyl groups is 1. The second-order valence-electron chi connectivity index (χ2n) is 9.18. The molecule has 0 radical (unpaired) electrons. The van der Waals surface area contributed by atoms with Gasteiger partial charge in [-0.05, 0) is 69.1 Å². The average molecular weight is 303 g/mol. The topological polar surface area (TPSA) is 66.4 Å². The molecule has 4 nitrogen and oxygen atoms in total. The summed E-state index contributed by atoms with van der Waals surface area (Å²) in [5.74, 6) is 1.91. The highest BCUT2D eigenvalue weighted by Crippen LogP contribution is 2.57. The molecule has 0 aromatic heterocycles. The van der Waals surface area contributed by atoms with E-state index in [-0.39, 0.29) is 23.3 Å². The molecule has 0 spiro atoms. The maximum Gasteiger partial charge on any atom is 0.224 e. The van der Waals surface area contributed by atoms with Gasteiger partial charge in [0, 0.05) is 23.8 Å². The van der Waals surface area contributed by atoms with Crippen LogP contribution >= 0.6 is 0 Å². The molecule has 0 aliphatic heterocycles. The maximum absolute atomic E-state index is 12.8. The van der Waals surface area contributed by atoms with E-state index in [1.54, 1.807) is 0 Å². The molecule has 3 unspecified atom stereocenters. The summed E-state index contributed by atoms with van der Waals surface area (Å²) in [6.07, 6.45) is 8.40. The minimum Gasteiger partial charge on any atom is -0.390 e. The van der Waals surface area contributed by atoms with Gasteiger partial charge in [0.2, 0.25) is 5.91 Å². The lowest BCUT2D eigenvalue weighted by Gasteiger charge is -2.60. The molecular weight excluding hydrogens is 278 g/mol. The van der Waals surface area contributed by atoms with Crippen molar-refractivity contribution in [3.05, 3.63) is 0 Å². The number of Topliss-reactive ketones (excluding diaryl/α,β-unsaturated/α-hetero) is 1. The highest BCUT2D eigenvalue weighted by molar-refractivity contribution is 5.92. The van der Waals surface area contributed by atoms with Crippen LogP contribution in [-0.2, 0) is 9.59 Å². The normalized spacial score (nSPS) is 55.0. The molecule has 120 valence electrons. The van der Waals surface area contributed by atoms with E-state index in [2.05, 4.69) is 5.32 Å². The summed E-state index contributed by atoms with van der Waals surface area (Å²) < 4.78 is 0. The van der Waals surface area contributed by atoms with Gasteiger partial charge in [-0.1, -0.05) is 0 Å². The number of hydrogen-bond donors (Lipinski definition) is 2. The molecule has 0 heterocycles. The summed E-state index contributed by atoms with van der Waals surface area (Å²) in [5.41, 5.74) is -0.720. The molecule has 6 aliphatic rings. The van der Waals surface area contributed by atoms with Crippen molar-refractivity contribution in [1.82, 2.24) is 5.32 Å². The Balaban J connectivity index is 1.36. The monoisotopic (exact) mass is 303 g/mol. The van der Waals surface area contributed by atoms with Gasteiger partial charge < -0.3 is 10.4 Å². The van der Waals surface area contributed by atoms with Crippen molar-refractivity contribution in [2.24, 2.45) is 29.6 Å². The number of fused-ring (bicyclic) bond motifs is 2. The Bertz CT molecular complexity index is 543. The van der Waals surface area contributed by atoms with Crippen LogP contribution in [0.25, 0.3) is 0 Å². The Kier molecular flexibility index (Phi) is 2.54. The largest absolute Gasteiger partial charge is 0.390 e. The Morgan fingerprint density at radius 1 is 1.05 bits per heavy atom. The summed E-state index contributed by atoms with van der Waals surface area (Å²) >= 11 is 0. The van der Waals surface area contributed by atoms with Gasteiger partial charge in [0.1, 0.15) is 5.78 Å². The lowest BCUT2D eigenvalue weighted by Crippen LogP contribution is -2.66. The van der Waals surface area contributed by atoms with Gasteiger partial charge >= 0.3 is 0 Å². The molecule has 6 aliphatic carbocycles. The molecule has 1 amide bonds. The molecule has 6 fully saturated rings. The van der Waals surface area contributed by atoms with E-state index < -0.39 is 5.60 Å². The standard InChI is InChI=1S/C18H25NO3/c20-15-4-10-2-13(15)14(3-10)16(21)19-17-5-11-1-12(6-17)8-18(22,7-11)9-17/h10-14,22H,1-9H2,(H,19,21)/t10-,11?,12?,13+,14?,17?,18?/m0/s1. The van der Waals surface area contributed by atoms with Gasteiger partial charge in [-0.3, -0.25) is 9.59 Å². The van der Waals surface area contributed by atoms with E-state index in [1.165, 1.54) is 6.42 Å². The fraction of sp³-hybridized carbons (Fsp3) is 0.889. The third-order valence-electron chi connectivity index (χ3n) is 7.32. The van der Waals surface area contributed by atoms with Crippen LogP contribution in [-0.4, -0.2) is 27.9 Å². The number of hydrogen-bond acceptors (Lipinski definition) is 3. The molecule has 6 saturated carbocycles. The van der Waals surface area contributed by atoms with Crippen LogP contribution < -0.4 is 5.32 Å². The van der Waals surface area contributed by atoms with Gasteiger partial charge in [-0.2, -0.15) is 0 Å². The second kappa shape index (κ2) is 4.14. The third-order valence-corrected chi connectivity index (χ3v) is 7.32. The number of ketones is 1. The lowest BCUT2D eigenvalue weighted by molar-refractivity contribution is -0.154. The van der Waals surface area contributed by atoms with Gasteiger partial charge in [0.05, 0.1) is 5.60 Å². The van der Waals surface area contributed by atoms with Crippen molar-refractivity contribution in [3.63, 3.8) is 0 Å². The summed E-state index contributed by atoms with van der Waals surface area (Å²) in [5, 5.41) is 14.1. The van der Waals surface area contributed by atoms with Crippen molar-refractivity contribution in [2.75, 3.05) is 0 Å². The summed E-state index contributed by atoms with van der Waals surface area (Å²) in [4.78, 5) is 24.8. The molecule has 0 saturated heterocycles. The van der Waals surface area contributed by atoms with E-state index in [9.17, 15) is 14.7 Å². The van der Waals surface area contributed by atoms with Crippen molar-refractivity contribution < 1.29 is 14.7 Å². The Labute approximate surface area is 131 Å². The number of nitrogens with one attached hydrogen (secondary N) is 1. The van der Waals surface area contributed by atoms with Crippen LogP contribution in [0.3, 0.4) is 0 Å². The molecule has 5 atom stereocenters. The van der Waals surface area contributed by atoms with Crippen molar-refractivity contribution in [3.8, 4) is 0 Å². The number of amides is 1. The Morgan fingerprint density at radius 3 is 2.36 bits per heavy atom. The predicted molar refractivity (Wildman–Crippen MR) is 79.8 cm³/mol. The third kappa shape index (κ3) is 1.85. The minimum absolute atomic E-state index is 0.0120. The first-order chi connectivity index (χ1) is 10.4. The van der Waals surface area contributed by atoms with E-state index in [0.29, 0.717) is 30.0 Å². The van der Waals surface area contributed by atoms with Gasteiger partial charge in [0.15, 0.2) is 0 Å². The van der Waals surface area contributed by atoms with Gasteiger partial charge in [0.25, 0.3) is 0 Å². The fourth-order valence-electron chi connectivity index (χ4n) is 7.11. The predicted octanol–water partition coefficient (Wildman–Crippen LogP) is 1.80. The van der Waals surface area contributed by atoms with Crippen molar-refractivity contribution in [2.45, 2.75) is 68.9 Å². The van der Waals surface area contributed by atoms with E-state index >= 15 is 0 Å². The number of carbonyl (C=O) groups is 2. The molecule has 6 rings (SSSR count). The zero-order valence-corrected chi connectivity index (χ0v) is 13.0. The van der Waals surface area contributed by atoms with Crippen LogP contribution in [0.1, 0.15) is 57.8 Å². The highest BCUT2D eigenvalue weighted by Gasteiger charge is 2.58. The van der Waals surface area contributed by atoms with Crippen LogP contribution in [0.2, 0.25) is 0 Å². The maximum atomic E-state index is 12.8. The first-order valence-electron chi connectivity index (χ1n) is 9.01. The van der Waals surface area contributed by atoms with E-state index in [4.69, 9.17) is 0 Å². The lowest BCUT2D eigenvalue weighted by atomic mass is 9.51. The highest BCUT2D eigenvalue weighted by atomic mass is 16.3. The molecule has 6 bridgehead atoms. The van der Waals surface area contributed by atoms with E-state index in [0.717, 1.165) is 44.9 Å². The molecular formula is C18H25NO3. The zero-order chi connectivity index (χ0) is 15.1. The fourth-order valence-corrected chi connectivity index (χ4v) is 7.11. The first-order valence-corrected chi connectivity index (χ1v) is 9.01. The van der Waals surface area contributed by atoms with Crippen LogP contribution in [0.15, 0.2) is 0 Å². The van der Waals surface area contributed by atoms with Crippen LogP contribution in [0.4, 0.5) is 0 Å². The van der Waals surface area contributed by atoms with Gasteiger partial charge in [-0.15, -0.1) is 0 Å². The summed E-state index contributed by atoms with van der Waals surface area (Å²) in [6.45, 7) is 0. The van der Waals surface area contributed by atoms with Crippen LogP contribution in [0, 0.1) is 29.6 Å². The van der Waals surface area contributed by atoms with E-state index in [1.807, 2.05) is 0 Å². The number of rotatable bonds is 2. The smallest absolute Gasteiger partial charge is 0.224 e. The minimum atomic E-state index is -0.540.